The Kier molecular flexibility index (Phi) is 3.25. The highest BCUT2D eigenvalue weighted by Crippen LogP contribution is 2.21. The molecule has 4 nitrogen and oxygen atoms in total. The van der Waals surface area contributed by atoms with Crippen molar-refractivity contribution in [1.82, 2.24) is 4.37 Å². The lowest BCUT2D eigenvalue weighted by molar-refractivity contribution is 0.303. The van der Waals surface area contributed by atoms with Crippen LogP contribution in [0.15, 0.2) is 11.6 Å². The Hall–Kier alpha value is -0.620. The molecule has 0 bridgehead atoms. The second kappa shape index (κ2) is 4.49. The molecule has 0 amide bonds. The van der Waals surface area contributed by atoms with E-state index in [1.54, 1.807) is 11.6 Å². The maximum Gasteiger partial charge on any atom is 0.156 e. The third-order valence-corrected chi connectivity index (χ3v) is 5.37. The lowest BCUT2D eigenvalue weighted by atomic mass is 10.2. The Balaban J connectivity index is 1.94. The molecule has 1 fully saturated rings. The summed E-state index contributed by atoms with van der Waals surface area (Å²) in [4.78, 5) is 0. The fraction of sp³-hybridized carbons (Fsp3) is 0.667. The molecule has 0 aromatic carbocycles. The first kappa shape index (κ1) is 10.9. The second-order valence-electron chi connectivity index (χ2n) is 3.66. The van der Waals surface area contributed by atoms with Crippen LogP contribution in [0.4, 0.5) is 0 Å². The Morgan fingerprint density at radius 1 is 1.53 bits per heavy atom. The van der Waals surface area contributed by atoms with Crippen LogP contribution < -0.4 is 4.74 Å². The highest BCUT2D eigenvalue weighted by molar-refractivity contribution is 7.92. The van der Waals surface area contributed by atoms with E-state index in [-0.39, 0.29) is 11.9 Å². The molecule has 2 rings (SSSR count). The molecule has 1 aliphatic rings. The minimum absolute atomic E-state index is 0.265. The van der Waals surface area contributed by atoms with Crippen LogP contribution in [0.2, 0.25) is 0 Å². The maximum atomic E-state index is 11.6. The zero-order valence-corrected chi connectivity index (χ0v) is 9.89. The third kappa shape index (κ3) is 2.69. The average molecular weight is 247 g/mol. The summed E-state index contributed by atoms with van der Waals surface area (Å²) in [5, 5.41) is 1.45. The highest BCUT2D eigenvalue weighted by Gasteiger charge is 2.29. The highest BCUT2D eigenvalue weighted by atomic mass is 32.2. The van der Waals surface area contributed by atoms with Gasteiger partial charge < -0.3 is 4.74 Å². The summed E-state index contributed by atoms with van der Waals surface area (Å²) in [6.07, 6.45) is 4.11. The molecule has 0 aliphatic carbocycles. The van der Waals surface area contributed by atoms with Crippen LogP contribution in [0.3, 0.4) is 0 Å². The van der Waals surface area contributed by atoms with Crippen molar-refractivity contribution in [2.24, 2.45) is 0 Å². The molecule has 1 aliphatic heterocycles. The summed E-state index contributed by atoms with van der Waals surface area (Å²) in [5.74, 6) is 0.976. The lowest BCUT2D eigenvalue weighted by Crippen LogP contribution is -2.33. The Morgan fingerprint density at radius 3 is 3.07 bits per heavy atom. The quantitative estimate of drug-likeness (QED) is 0.812. The van der Waals surface area contributed by atoms with Gasteiger partial charge in [0.15, 0.2) is 9.84 Å². The van der Waals surface area contributed by atoms with Gasteiger partial charge in [0.25, 0.3) is 0 Å². The molecule has 15 heavy (non-hydrogen) atoms. The predicted molar refractivity (Wildman–Crippen MR) is 59.0 cm³/mol. The molecule has 1 aromatic heterocycles. The van der Waals surface area contributed by atoms with E-state index in [1.165, 1.54) is 11.5 Å². The molecule has 0 spiro atoms. The normalized spacial score (nSPS) is 24.9. The van der Waals surface area contributed by atoms with Crippen LogP contribution in [-0.4, -0.2) is 30.4 Å². The monoisotopic (exact) mass is 247 g/mol. The van der Waals surface area contributed by atoms with Crippen molar-refractivity contribution in [3.8, 4) is 5.75 Å². The fourth-order valence-corrected chi connectivity index (χ4v) is 3.86. The smallest absolute Gasteiger partial charge is 0.156 e. The number of nitrogens with zero attached hydrogens (tertiary/aromatic N) is 1. The third-order valence-electron chi connectivity index (χ3n) is 2.56. The van der Waals surface area contributed by atoms with Gasteiger partial charge in [0.2, 0.25) is 0 Å². The van der Waals surface area contributed by atoms with E-state index in [0.29, 0.717) is 11.5 Å². The molecule has 1 atom stereocenters. The second-order valence-corrected chi connectivity index (χ2v) is 6.71. The number of hydrogen-bond donors (Lipinski definition) is 0. The molecule has 0 saturated carbocycles. The van der Waals surface area contributed by atoms with Gasteiger partial charge >= 0.3 is 0 Å². The van der Waals surface area contributed by atoms with Crippen molar-refractivity contribution in [1.29, 1.82) is 0 Å². The van der Waals surface area contributed by atoms with Gasteiger partial charge in [-0.3, -0.25) is 0 Å². The van der Waals surface area contributed by atoms with Crippen molar-refractivity contribution in [3.63, 3.8) is 0 Å². The van der Waals surface area contributed by atoms with Gasteiger partial charge in [0.05, 0.1) is 22.6 Å². The summed E-state index contributed by atoms with van der Waals surface area (Å²) in [6, 6.07) is 0. The van der Waals surface area contributed by atoms with Crippen molar-refractivity contribution in [3.05, 3.63) is 11.6 Å². The van der Waals surface area contributed by atoms with Gasteiger partial charge in [-0.15, -0.1) is 0 Å². The van der Waals surface area contributed by atoms with E-state index >= 15 is 0 Å². The topological polar surface area (TPSA) is 56.3 Å². The van der Waals surface area contributed by atoms with E-state index in [0.717, 1.165) is 19.3 Å². The number of sulfone groups is 1. The summed E-state index contributed by atoms with van der Waals surface area (Å²) in [7, 11) is -2.92. The Labute approximate surface area is 93.4 Å². The Morgan fingerprint density at radius 2 is 2.40 bits per heavy atom. The summed E-state index contributed by atoms with van der Waals surface area (Å²) >= 11 is 1.30. The van der Waals surface area contributed by atoms with E-state index in [2.05, 4.69) is 4.37 Å². The number of hydrogen-bond acceptors (Lipinski definition) is 5. The fourth-order valence-electron chi connectivity index (χ4n) is 1.66. The SMILES string of the molecule is O=S1(=O)CCCCC1COc1cnsc1. The minimum atomic E-state index is -2.92. The number of aromatic nitrogens is 1. The minimum Gasteiger partial charge on any atom is -0.490 e. The van der Waals surface area contributed by atoms with Crippen molar-refractivity contribution < 1.29 is 13.2 Å². The molecular formula is C9H13NO3S2. The van der Waals surface area contributed by atoms with Crippen LogP contribution in [-0.2, 0) is 9.84 Å². The van der Waals surface area contributed by atoms with Crippen molar-refractivity contribution in [2.75, 3.05) is 12.4 Å². The van der Waals surface area contributed by atoms with Crippen LogP contribution in [0.5, 0.6) is 5.75 Å². The molecule has 1 aromatic rings. The van der Waals surface area contributed by atoms with Crippen LogP contribution >= 0.6 is 11.5 Å². The van der Waals surface area contributed by atoms with Gasteiger partial charge in [-0.05, 0) is 24.4 Å². The zero-order valence-electron chi connectivity index (χ0n) is 8.26. The van der Waals surface area contributed by atoms with Crippen LogP contribution in [0.25, 0.3) is 0 Å². The molecule has 1 saturated heterocycles. The van der Waals surface area contributed by atoms with Crippen molar-refractivity contribution >= 4 is 21.4 Å². The zero-order chi connectivity index (χ0) is 10.7. The summed E-state index contributed by atoms with van der Waals surface area (Å²) < 4.78 is 32.6. The molecule has 6 heteroatoms. The van der Waals surface area contributed by atoms with Gasteiger partial charge in [-0.2, -0.15) is 4.37 Å². The molecular weight excluding hydrogens is 234 g/mol. The molecule has 84 valence electrons. The Bertz CT molecular complexity index is 399. The van der Waals surface area contributed by atoms with Crippen LogP contribution in [0, 0.1) is 0 Å². The summed E-state index contributed by atoms with van der Waals surface area (Å²) in [5.41, 5.74) is 0. The maximum absolute atomic E-state index is 11.6. The average Bonchev–Trinajstić information content (AvgIpc) is 2.68. The molecule has 2 heterocycles. The molecule has 1 unspecified atom stereocenters. The standard InChI is InChI=1S/C9H13NO3S2/c11-15(12)4-2-1-3-9(15)6-13-8-5-10-14-7-8/h5,7,9H,1-4,6H2. The number of rotatable bonds is 3. The van der Waals surface area contributed by atoms with Gasteiger partial charge in [-0.25, -0.2) is 8.42 Å². The lowest BCUT2D eigenvalue weighted by Gasteiger charge is -2.21. The predicted octanol–water partition coefficient (Wildman–Crippen LogP) is 1.49. The summed E-state index contributed by atoms with van der Waals surface area (Å²) in [6.45, 7) is 0.265. The van der Waals surface area contributed by atoms with Gasteiger partial charge in [0, 0.05) is 0 Å². The van der Waals surface area contributed by atoms with E-state index in [9.17, 15) is 8.42 Å². The van der Waals surface area contributed by atoms with Crippen LogP contribution in [0.1, 0.15) is 19.3 Å². The molecule has 0 radical (unpaired) electrons. The van der Waals surface area contributed by atoms with Gasteiger partial charge in [0.1, 0.15) is 12.4 Å². The van der Waals surface area contributed by atoms with Gasteiger partial charge in [-0.1, -0.05) is 6.42 Å². The van der Waals surface area contributed by atoms with Crippen molar-refractivity contribution in [2.45, 2.75) is 24.5 Å². The first-order chi connectivity index (χ1) is 7.18. The number of ether oxygens (including phenoxy) is 1. The van der Waals surface area contributed by atoms with E-state index in [1.807, 2.05) is 0 Å². The first-order valence-electron chi connectivity index (χ1n) is 4.92. The van der Waals surface area contributed by atoms with E-state index in [4.69, 9.17) is 4.74 Å². The van der Waals surface area contributed by atoms with E-state index < -0.39 is 9.84 Å². The largest absolute Gasteiger partial charge is 0.490 e. The molecule has 0 N–H and O–H groups in total. The first-order valence-corrected chi connectivity index (χ1v) is 7.47.